The minimum Gasteiger partial charge on any atom is -0.504 e. The van der Waals surface area contributed by atoms with E-state index in [0.29, 0.717) is 17.1 Å². The van der Waals surface area contributed by atoms with Crippen molar-refractivity contribution in [1.82, 2.24) is 10.3 Å². The third-order valence-electron chi connectivity index (χ3n) is 4.20. The largest absolute Gasteiger partial charge is 0.504 e. The molecule has 3 N–H and O–H groups in total. The highest BCUT2D eigenvalue weighted by Gasteiger charge is 2.18. The maximum absolute atomic E-state index is 12.4. The molecule has 0 radical (unpaired) electrons. The Balaban J connectivity index is 1.68. The SMILES string of the molecule is Cc1ccc(C(=O)NC(C)c2ccc(Oc3cccnc3)cc2)c(O)c1O. The molecule has 1 amide bonds. The van der Waals surface area contributed by atoms with Crippen LogP contribution in [0, 0.1) is 6.92 Å². The number of pyridine rings is 1. The lowest BCUT2D eigenvalue weighted by molar-refractivity contribution is 0.0936. The monoisotopic (exact) mass is 364 g/mol. The first-order valence-electron chi connectivity index (χ1n) is 8.46. The zero-order valence-corrected chi connectivity index (χ0v) is 15.0. The molecule has 0 aliphatic carbocycles. The van der Waals surface area contributed by atoms with Crippen molar-refractivity contribution in [1.29, 1.82) is 0 Å². The Kier molecular flexibility index (Phi) is 5.26. The number of benzene rings is 2. The van der Waals surface area contributed by atoms with E-state index >= 15 is 0 Å². The lowest BCUT2D eigenvalue weighted by Gasteiger charge is -2.16. The van der Waals surface area contributed by atoms with Gasteiger partial charge in [0.05, 0.1) is 17.8 Å². The van der Waals surface area contributed by atoms with Gasteiger partial charge in [-0.2, -0.15) is 0 Å². The predicted octanol–water partition coefficient (Wildman–Crippen LogP) is 4.08. The van der Waals surface area contributed by atoms with E-state index in [1.165, 1.54) is 6.07 Å². The summed E-state index contributed by atoms with van der Waals surface area (Å²) in [4.78, 5) is 16.4. The maximum atomic E-state index is 12.4. The summed E-state index contributed by atoms with van der Waals surface area (Å²) in [6, 6.07) is 13.7. The van der Waals surface area contributed by atoms with E-state index in [2.05, 4.69) is 10.3 Å². The Morgan fingerprint density at radius 2 is 1.78 bits per heavy atom. The summed E-state index contributed by atoms with van der Waals surface area (Å²) in [5.74, 6) is 0.130. The van der Waals surface area contributed by atoms with E-state index in [-0.39, 0.29) is 17.4 Å². The van der Waals surface area contributed by atoms with Crippen molar-refractivity contribution in [2.75, 3.05) is 0 Å². The first kappa shape index (κ1) is 18.3. The zero-order valence-electron chi connectivity index (χ0n) is 15.0. The Morgan fingerprint density at radius 1 is 1.04 bits per heavy atom. The number of hydrogen-bond acceptors (Lipinski definition) is 5. The van der Waals surface area contributed by atoms with Crippen LogP contribution in [0.4, 0.5) is 0 Å². The average Bonchev–Trinajstić information content (AvgIpc) is 2.67. The van der Waals surface area contributed by atoms with E-state index in [0.717, 1.165) is 5.56 Å². The maximum Gasteiger partial charge on any atom is 0.255 e. The summed E-state index contributed by atoms with van der Waals surface area (Å²) in [6.45, 7) is 3.48. The number of hydrogen-bond donors (Lipinski definition) is 3. The third-order valence-corrected chi connectivity index (χ3v) is 4.20. The average molecular weight is 364 g/mol. The third kappa shape index (κ3) is 4.17. The van der Waals surface area contributed by atoms with E-state index in [1.807, 2.05) is 25.1 Å². The molecule has 0 aliphatic heterocycles. The number of aryl methyl sites for hydroxylation is 1. The lowest BCUT2D eigenvalue weighted by Crippen LogP contribution is -2.26. The highest BCUT2D eigenvalue weighted by Crippen LogP contribution is 2.32. The summed E-state index contributed by atoms with van der Waals surface area (Å²) >= 11 is 0. The molecule has 6 nitrogen and oxygen atoms in total. The molecule has 6 heteroatoms. The highest BCUT2D eigenvalue weighted by molar-refractivity contribution is 5.98. The van der Waals surface area contributed by atoms with Gasteiger partial charge >= 0.3 is 0 Å². The molecular weight excluding hydrogens is 344 g/mol. The first-order chi connectivity index (χ1) is 13.0. The fourth-order valence-corrected chi connectivity index (χ4v) is 2.59. The number of phenolic OH excluding ortho intramolecular Hbond substituents is 2. The molecule has 3 rings (SSSR count). The zero-order chi connectivity index (χ0) is 19.4. The summed E-state index contributed by atoms with van der Waals surface area (Å²) < 4.78 is 5.69. The normalized spacial score (nSPS) is 11.6. The van der Waals surface area contributed by atoms with Crippen molar-refractivity contribution in [3.63, 3.8) is 0 Å². The number of carbonyl (C=O) groups is 1. The molecule has 0 fully saturated rings. The van der Waals surface area contributed by atoms with Crippen molar-refractivity contribution in [3.05, 3.63) is 77.6 Å². The van der Waals surface area contributed by atoms with Crippen molar-refractivity contribution < 1.29 is 19.7 Å². The molecule has 0 saturated carbocycles. The molecular formula is C21H20N2O4. The van der Waals surface area contributed by atoms with Crippen LogP contribution in [-0.4, -0.2) is 21.1 Å². The van der Waals surface area contributed by atoms with Gasteiger partial charge in [-0.15, -0.1) is 0 Å². The van der Waals surface area contributed by atoms with Crippen molar-refractivity contribution in [3.8, 4) is 23.0 Å². The number of rotatable bonds is 5. The van der Waals surface area contributed by atoms with Gasteiger partial charge in [-0.25, -0.2) is 0 Å². The minimum atomic E-state index is -0.467. The Hall–Kier alpha value is -3.54. The van der Waals surface area contributed by atoms with Crippen LogP contribution in [0.2, 0.25) is 0 Å². The van der Waals surface area contributed by atoms with Crippen LogP contribution in [0.15, 0.2) is 60.9 Å². The summed E-state index contributed by atoms with van der Waals surface area (Å²) in [5.41, 5.74) is 1.40. The molecule has 3 aromatic rings. The molecule has 1 unspecified atom stereocenters. The fraction of sp³-hybridized carbons (Fsp3) is 0.143. The van der Waals surface area contributed by atoms with Crippen LogP contribution in [0.25, 0.3) is 0 Å². The Bertz CT molecular complexity index is 940. The number of carbonyl (C=O) groups excluding carboxylic acids is 1. The smallest absolute Gasteiger partial charge is 0.255 e. The van der Waals surface area contributed by atoms with Crippen LogP contribution in [0.1, 0.15) is 34.5 Å². The van der Waals surface area contributed by atoms with Gasteiger partial charge in [-0.3, -0.25) is 9.78 Å². The second kappa shape index (κ2) is 7.78. The van der Waals surface area contributed by atoms with Gasteiger partial charge in [-0.1, -0.05) is 18.2 Å². The van der Waals surface area contributed by atoms with Crippen LogP contribution in [-0.2, 0) is 0 Å². The van der Waals surface area contributed by atoms with Gasteiger partial charge in [0.1, 0.15) is 11.5 Å². The number of amides is 1. The second-order valence-corrected chi connectivity index (χ2v) is 6.18. The first-order valence-corrected chi connectivity index (χ1v) is 8.46. The molecule has 0 saturated heterocycles. The summed E-state index contributed by atoms with van der Waals surface area (Å²) in [6.07, 6.45) is 3.30. The number of aromatic nitrogens is 1. The van der Waals surface area contributed by atoms with Crippen LogP contribution < -0.4 is 10.1 Å². The lowest BCUT2D eigenvalue weighted by atomic mass is 10.1. The highest BCUT2D eigenvalue weighted by atomic mass is 16.5. The van der Waals surface area contributed by atoms with Gasteiger partial charge < -0.3 is 20.3 Å². The molecule has 0 aliphatic rings. The molecule has 27 heavy (non-hydrogen) atoms. The predicted molar refractivity (Wildman–Crippen MR) is 101 cm³/mol. The van der Waals surface area contributed by atoms with E-state index < -0.39 is 11.7 Å². The molecule has 2 aromatic carbocycles. The Morgan fingerprint density at radius 3 is 2.44 bits per heavy atom. The van der Waals surface area contributed by atoms with Crippen molar-refractivity contribution >= 4 is 5.91 Å². The van der Waals surface area contributed by atoms with E-state index in [1.54, 1.807) is 43.6 Å². The van der Waals surface area contributed by atoms with Gasteiger partial charge in [0.25, 0.3) is 5.91 Å². The van der Waals surface area contributed by atoms with Crippen LogP contribution in [0.5, 0.6) is 23.0 Å². The van der Waals surface area contributed by atoms with E-state index in [9.17, 15) is 15.0 Å². The number of nitrogens with one attached hydrogen (secondary N) is 1. The van der Waals surface area contributed by atoms with Gasteiger partial charge in [-0.05, 0) is 55.3 Å². The van der Waals surface area contributed by atoms with Crippen molar-refractivity contribution in [2.45, 2.75) is 19.9 Å². The van der Waals surface area contributed by atoms with Crippen LogP contribution in [0.3, 0.4) is 0 Å². The topological polar surface area (TPSA) is 91.7 Å². The molecule has 1 aromatic heterocycles. The molecule has 1 atom stereocenters. The van der Waals surface area contributed by atoms with Gasteiger partial charge in [0.15, 0.2) is 11.5 Å². The summed E-state index contributed by atoms with van der Waals surface area (Å²) in [7, 11) is 0. The van der Waals surface area contributed by atoms with E-state index in [4.69, 9.17) is 4.74 Å². The van der Waals surface area contributed by atoms with Gasteiger partial charge in [0, 0.05) is 6.20 Å². The quantitative estimate of drug-likeness (QED) is 0.593. The second-order valence-electron chi connectivity index (χ2n) is 6.18. The fourth-order valence-electron chi connectivity index (χ4n) is 2.59. The molecule has 0 bridgehead atoms. The van der Waals surface area contributed by atoms with Crippen molar-refractivity contribution in [2.24, 2.45) is 0 Å². The number of nitrogens with zero attached hydrogens (tertiary/aromatic N) is 1. The standard InChI is InChI=1S/C21H20N2O4/c1-13-5-10-18(20(25)19(13)24)21(26)23-14(2)15-6-8-16(9-7-15)27-17-4-3-11-22-12-17/h3-12,14,24-25H,1-2H3,(H,23,26). The molecule has 1 heterocycles. The number of aromatic hydroxyl groups is 2. The summed E-state index contributed by atoms with van der Waals surface area (Å²) in [5, 5.41) is 22.6. The molecule has 138 valence electrons. The minimum absolute atomic E-state index is 0.0291. The number of phenols is 2. The van der Waals surface area contributed by atoms with Gasteiger partial charge in [0.2, 0.25) is 0 Å². The Labute approximate surface area is 157 Å². The molecule has 0 spiro atoms. The van der Waals surface area contributed by atoms with Crippen LogP contribution >= 0.6 is 0 Å². The number of ether oxygens (including phenoxy) is 1.